The third-order valence-electron chi connectivity index (χ3n) is 3.31. The van der Waals surface area contributed by atoms with Crippen LogP contribution in [0.15, 0.2) is 42.5 Å². The summed E-state index contributed by atoms with van der Waals surface area (Å²) >= 11 is 0. The van der Waals surface area contributed by atoms with Gasteiger partial charge in [-0.1, -0.05) is 12.1 Å². The summed E-state index contributed by atoms with van der Waals surface area (Å²) < 4.78 is 15.7. The number of nitrogens with zero attached hydrogens (tertiary/aromatic N) is 2. The number of phenols is 1. The van der Waals surface area contributed by atoms with Crippen LogP contribution in [0.1, 0.15) is 19.9 Å². The third-order valence-corrected chi connectivity index (χ3v) is 3.31. The van der Waals surface area contributed by atoms with Crippen molar-refractivity contribution in [1.29, 1.82) is 0 Å². The van der Waals surface area contributed by atoms with Crippen LogP contribution in [-0.4, -0.2) is 14.9 Å². The zero-order valence-corrected chi connectivity index (χ0v) is 11.3. The van der Waals surface area contributed by atoms with E-state index in [9.17, 15) is 9.50 Å². The second-order valence-electron chi connectivity index (χ2n) is 5.07. The van der Waals surface area contributed by atoms with E-state index in [1.807, 2.05) is 36.7 Å². The summed E-state index contributed by atoms with van der Waals surface area (Å²) in [6.45, 7) is 4.02. The van der Waals surface area contributed by atoms with Crippen LogP contribution < -0.4 is 0 Å². The Kier molecular flexibility index (Phi) is 2.93. The Morgan fingerprint density at radius 2 is 1.80 bits per heavy atom. The molecule has 2 aromatic carbocycles. The molecule has 0 amide bonds. The second kappa shape index (κ2) is 4.63. The molecule has 0 unspecified atom stereocenters. The van der Waals surface area contributed by atoms with Crippen molar-refractivity contribution in [3.05, 3.63) is 48.3 Å². The Bertz CT molecular complexity index is 760. The van der Waals surface area contributed by atoms with Crippen LogP contribution in [-0.2, 0) is 0 Å². The maximum absolute atomic E-state index is 13.9. The number of halogens is 1. The molecule has 0 saturated heterocycles. The Balaban J connectivity index is 2.35. The smallest absolute Gasteiger partial charge is 0.151 e. The van der Waals surface area contributed by atoms with E-state index >= 15 is 0 Å². The minimum atomic E-state index is -0.318. The minimum absolute atomic E-state index is 0.116. The van der Waals surface area contributed by atoms with Gasteiger partial charge >= 0.3 is 0 Å². The number of fused-ring (bicyclic) bond motifs is 1. The molecular weight excluding hydrogens is 255 g/mol. The number of phenolic OH excluding ortho intramolecular Hbond substituents is 1. The van der Waals surface area contributed by atoms with Gasteiger partial charge in [0.25, 0.3) is 0 Å². The van der Waals surface area contributed by atoms with E-state index in [2.05, 4.69) is 5.10 Å². The first kappa shape index (κ1) is 12.7. The molecule has 0 aliphatic rings. The summed E-state index contributed by atoms with van der Waals surface area (Å²) in [5.74, 6) is -0.109. The first-order valence-electron chi connectivity index (χ1n) is 6.54. The lowest BCUT2D eigenvalue weighted by atomic mass is 10.1. The number of hydrogen-bond acceptors (Lipinski definition) is 2. The van der Waals surface area contributed by atoms with Gasteiger partial charge in [-0.3, -0.25) is 4.68 Å². The zero-order valence-electron chi connectivity index (χ0n) is 11.3. The van der Waals surface area contributed by atoms with Crippen molar-refractivity contribution in [2.75, 3.05) is 0 Å². The molecule has 4 heteroatoms. The Morgan fingerprint density at radius 3 is 2.45 bits per heavy atom. The number of benzene rings is 2. The number of rotatable bonds is 2. The highest BCUT2D eigenvalue weighted by Gasteiger charge is 2.17. The fourth-order valence-electron chi connectivity index (χ4n) is 2.37. The highest BCUT2D eigenvalue weighted by atomic mass is 19.1. The van der Waals surface area contributed by atoms with Gasteiger partial charge in [0.2, 0.25) is 0 Å². The van der Waals surface area contributed by atoms with E-state index in [-0.39, 0.29) is 17.6 Å². The molecule has 1 aromatic heterocycles. The van der Waals surface area contributed by atoms with Gasteiger partial charge in [0, 0.05) is 17.0 Å². The number of aromatic nitrogens is 2. The second-order valence-corrected chi connectivity index (χ2v) is 5.07. The molecule has 0 atom stereocenters. The van der Waals surface area contributed by atoms with Crippen molar-refractivity contribution >= 4 is 10.9 Å². The standard InChI is InChI=1S/C16H15FN2O/c1-10(2)19-16(11-6-8-12(20)9-7-11)13-4-3-5-14(17)15(13)18-19/h3-10,20H,1-2H3. The molecule has 1 N–H and O–H groups in total. The van der Waals surface area contributed by atoms with Crippen LogP contribution in [0.25, 0.3) is 22.2 Å². The van der Waals surface area contributed by atoms with Crippen molar-refractivity contribution in [3.63, 3.8) is 0 Å². The molecule has 0 fully saturated rings. The summed E-state index contributed by atoms with van der Waals surface area (Å²) in [6.07, 6.45) is 0. The van der Waals surface area contributed by atoms with Crippen molar-refractivity contribution in [3.8, 4) is 17.0 Å². The molecule has 1 heterocycles. The van der Waals surface area contributed by atoms with E-state index in [0.717, 1.165) is 16.6 Å². The number of aromatic hydroxyl groups is 1. The van der Waals surface area contributed by atoms with Gasteiger partial charge in [0.1, 0.15) is 11.3 Å². The predicted octanol–water partition coefficient (Wildman–Crippen LogP) is 4.13. The topological polar surface area (TPSA) is 38.0 Å². The van der Waals surface area contributed by atoms with Crippen molar-refractivity contribution < 1.29 is 9.50 Å². The average molecular weight is 270 g/mol. The molecule has 0 radical (unpaired) electrons. The predicted molar refractivity (Wildman–Crippen MR) is 77.2 cm³/mol. The maximum atomic E-state index is 13.9. The normalized spacial score (nSPS) is 11.4. The summed E-state index contributed by atoms with van der Waals surface area (Å²) in [7, 11) is 0. The summed E-state index contributed by atoms with van der Waals surface area (Å²) in [5, 5.41) is 14.6. The zero-order chi connectivity index (χ0) is 14.3. The highest BCUT2D eigenvalue weighted by molar-refractivity contribution is 5.93. The lowest BCUT2D eigenvalue weighted by Crippen LogP contribution is -2.04. The number of hydrogen-bond donors (Lipinski definition) is 1. The van der Waals surface area contributed by atoms with Gasteiger partial charge < -0.3 is 5.11 Å². The van der Waals surface area contributed by atoms with Crippen molar-refractivity contribution in [1.82, 2.24) is 9.78 Å². The largest absolute Gasteiger partial charge is 0.508 e. The lowest BCUT2D eigenvalue weighted by molar-refractivity contribution is 0.475. The van der Waals surface area contributed by atoms with E-state index < -0.39 is 0 Å². The van der Waals surface area contributed by atoms with Crippen LogP contribution in [0.5, 0.6) is 5.75 Å². The molecule has 0 aliphatic heterocycles. The molecule has 20 heavy (non-hydrogen) atoms. The molecule has 0 spiro atoms. The fourth-order valence-corrected chi connectivity index (χ4v) is 2.37. The van der Waals surface area contributed by atoms with Gasteiger partial charge in [-0.2, -0.15) is 5.10 Å². The molecular formula is C16H15FN2O. The highest BCUT2D eigenvalue weighted by Crippen LogP contribution is 2.32. The van der Waals surface area contributed by atoms with Crippen LogP contribution in [0.4, 0.5) is 4.39 Å². The van der Waals surface area contributed by atoms with E-state index in [0.29, 0.717) is 5.52 Å². The lowest BCUT2D eigenvalue weighted by Gasteiger charge is -2.11. The van der Waals surface area contributed by atoms with Gasteiger partial charge in [-0.25, -0.2) is 4.39 Å². The third kappa shape index (κ3) is 1.93. The summed E-state index contributed by atoms with van der Waals surface area (Å²) in [4.78, 5) is 0. The van der Waals surface area contributed by atoms with Crippen LogP contribution in [0.3, 0.4) is 0 Å². The Morgan fingerprint density at radius 1 is 1.10 bits per heavy atom. The summed E-state index contributed by atoms with van der Waals surface area (Å²) in [6, 6.07) is 12.0. The SMILES string of the molecule is CC(C)n1nc2c(F)cccc2c1-c1ccc(O)cc1. The van der Waals surface area contributed by atoms with E-state index in [1.165, 1.54) is 6.07 Å². The van der Waals surface area contributed by atoms with Crippen molar-refractivity contribution in [2.24, 2.45) is 0 Å². The fraction of sp³-hybridized carbons (Fsp3) is 0.188. The van der Waals surface area contributed by atoms with Crippen LogP contribution in [0, 0.1) is 5.82 Å². The first-order valence-corrected chi connectivity index (χ1v) is 6.54. The quantitative estimate of drug-likeness (QED) is 0.760. The first-order chi connectivity index (χ1) is 9.58. The molecule has 3 nitrogen and oxygen atoms in total. The van der Waals surface area contributed by atoms with Crippen molar-refractivity contribution in [2.45, 2.75) is 19.9 Å². The Hall–Kier alpha value is -2.36. The van der Waals surface area contributed by atoms with Crippen LogP contribution >= 0.6 is 0 Å². The minimum Gasteiger partial charge on any atom is -0.508 e. The molecule has 102 valence electrons. The average Bonchev–Trinajstić information content (AvgIpc) is 2.81. The molecule has 3 aromatic rings. The summed E-state index contributed by atoms with van der Waals surface area (Å²) in [5.41, 5.74) is 2.16. The van der Waals surface area contributed by atoms with E-state index in [4.69, 9.17) is 0 Å². The van der Waals surface area contributed by atoms with Gasteiger partial charge in [0.15, 0.2) is 5.82 Å². The van der Waals surface area contributed by atoms with Gasteiger partial charge in [-0.05, 0) is 44.2 Å². The van der Waals surface area contributed by atoms with Gasteiger partial charge in [-0.15, -0.1) is 0 Å². The molecule has 0 aliphatic carbocycles. The van der Waals surface area contributed by atoms with Crippen LogP contribution in [0.2, 0.25) is 0 Å². The van der Waals surface area contributed by atoms with Gasteiger partial charge in [0.05, 0.1) is 5.69 Å². The van der Waals surface area contributed by atoms with E-state index in [1.54, 1.807) is 18.2 Å². The molecule has 3 rings (SSSR count). The molecule has 0 bridgehead atoms. The molecule has 0 saturated carbocycles. The maximum Gasteiger partial charge on any atom is 0.151 e. The monoisotopic (exact) mass is 270 g/mol. The Labute approximate surface area is 116 Å².